The molecule has 0 aliphatic heterocycles. The van der Waals surface area contributed by atoms with Gasteiger partial charge in [-0.05, 0) is 31.2 Å². The molecule has 0 unspecified atom stereocenters. The number of hydrogen-bond acceptors (Lipinski definition) is 3. The number of nitrogens with one attached hydrogen (secondary N) is 1. The van der Waals surface area contributed by atoms with Gasteiger partial charge in [-0.3, -0.25) is 0 Å². The molecule has 1 aromatic heterocycles. The van der Waals surface area contributed by atoms with Gasteiger partial charge in [0.25, 0.3) is 0 Å². The molecule has 0 spiro atoms. The topological polar surface area (TPSA) is 38.1 Å². The average Bonchev–Trinajstić information content (AvgIpc) is 2.77. The van der Waals surface area contributed by atoms with E-state index in [9.17, 15) is 0 Å². The van der Waals surface area contributed by atoms with Crippen LogP contribution in [0.25, 0.3) is 11.5 Å². The van der Waals surface area contributed by atoms with Crippen molar-refractivity contribution in [3.05, 3.63) is 39.7 Å². The molecule has 0 bridgehead atoms. The van der Waals surface area contributed by atoms with Gasteiger partial charge in [0.05, 0.1) is 5.69 Å². The van der Waals surface area contributed by atoms with Crippen LogP contribution in [0.15, 0.2) is 33.4 Å². The van der Waals surface area contributed by atoms with Crippen molar-refractivity contribution in [1.29, 1.82) is 0 Å². The van der Waals surface area contributed by atoms with Gasteiger partial charge in [0.1, 0.15) is 6.26 Å². The minimum Gasteiger partial charge on any atom is -0.444 e. The van der Waals surface area contributed by atoms with E-state index in [-0.39, 0.29) is 0 Å². The van der Waals surface area contributed by atoms with Crippen LogP contribution in [0.5, 0.6) is 0 Å². The lowest BCUT2D eigenvalue weighted by atomic mass is 10.2. The normalized spacial score (nSPS) is 10.8. The van der Waals surface area contributed by atoms with Crippen molar-refractivity contribution < 1.29 is 4.42 Å². The molecule has 0 saturated carbocycles. The Kier molecular flexibility index (Phi) is 4.80. The second-order valence-corrected chi connectivity index (χ2v) is 5.33. The molecule has 2 rings (SSSR count). The van der Waals surface area contributed by atoms with Gasteiger partial charge < -0.3 is 9.73 Å². The Morgan fingerprint density at radius 2 is 2.22 bits per heavy atom. The number of halogens is 2. The number of hydrogen-bond donors (Lipinski definition) is 1. The van der Waals surface area contributed by atoms with Crippen LogP contribution in [0.3, 0.4) is 0 Å². The third kappa shape index (κ3) is 3.57. The fraction of sp³-hybridized carbons (Fsp3) is 0.308. The molecule has 5 heteroatoms. The first-order chi connectivity index (χ1) is 8.69. The molecule has 96 valence electrons. The first-order valence-electron chi connectivity index (χ1n) is 5.80. The van der Waals surface area contributed by atoms with Gasteiger partial charge in [-0.2, -0.15) is 0 Å². The lowest BCUT2D eigenvalue weighted by Gasteiger charge is -1.99. The van der Waals surface area contributed by atoms with Gasteiger partial charge in [0.2, 0.25) is 5.89 Å². The van der Waals surface area contributed by atoms with Crippen molar-refractivity contribution in [2.75, 3.05) is 6.54 Å². The van der Waals surface area contributed by atoms with Crippen LogP contribution in [-0.4, -0.2) is 11.5 Å². The maximum Gasteiger partial charge on any atom is 0.226 e. The summed E-state index contributed by atoms with van der Waals surface area (Å²) in [5, 5.41) is 3.94. The highest BCUT2D eigenvalue weighted by molar-refractivity contribution is 9.10. The lowest BCUT2D eigenvalue weighted by molar-refractivity contribution is 0.570. The molecule has 1 heterocycles. The summed E-state index contributed by atoms with van der Waals surface area (Å²) in [5.41, 5.74) is 1.77. The van der Waals surface area contributed by atoms with Crippen molar-refractivity contribution >= 4 is 27.5 Å². The average molecular weight is 330 g/mol. The second kappa shape index (κ2) is 6.36. The molecule has 3 nitrogen and oxygen atoms in total. The van der Waals surface area contributed by atoms with Crippen molar-refractivity contribution in [2.45, 2.75) is 19.9 Å². The van der Waals surface area contributed by atoms with Crippen LogP contribution < -0.4 is 5.32 Å². The smallest absolute Gasteiger partial charge is 0.226 e. The summed E-state index contributed by atoms with van der Waals surface area (Å²) in [5.74, 6) is 0.589. The molecule has 0 amide bonds. The highest BCUT2D eigenvalue weighted by Gasteiger charge is 2.08. The van der Waals surface area contributed by atoms with Gasteiger partial charge in [-0.15, -0.1) is 0 Å². The van der Waals surface area contributed by atoms with Crippen LogP contribution in [0.2, 0.25) is 5.02 Å². The van der Waals surface area contributed by atoms with Gasteiger partial charge in [0.15, 0.2) is 0 Å². The molecule has 0 aliphatic rings. The monoisotopic (exact) mass is 328 g/mol. The fourth-order valence-corrected chi connectivity index (χ4v) is 2.45. The summed E-state index contributed by atoms with van der Waals surface area (Å²) in [7, 11) is 0. The predicted octanol–water partition coefficient (Wildman–Crippen LogP) is 4.26. The third-order valence-electron chi connectivity index (χ3n) is 2.39. The van der Waals surface area contributed by atoms with Crippen LogP contribution in [0.1, 0.15) is 19.0 Å². The zero-order chi connectivity index (χ0) is 13.0. The Balaban J connectivity index is 2.13. The number of nitrogens with zero attached hydrogens (tertiary/aromatic N) is 1. The van der Waals surface area contributed by atoms with E-state index in [4.69, 9.17) is 16.0 Å². The quantitative estimate of drug-likeness (QED) is 0.833. The van der Waals surface area contributed by atoms with Crippen LogP contribution in [0, 0.1) is 0 Å². The molecule has 0 aliphatic carbocycles. The van der Waals surface area contributed by atoms with Gasteiger partial charge >= 0.3 is 0 Å². The number of oxazole rings is 1. The Bertz CT molecular complexity index is 507. The van der Waals surface area contributed by atoms with E-state index in [1.54, 1.807) is 6.26 Å². The van der Waals surface area contributed by atoms with Crippen LogP contribution >= 0.6 is 27.5 Å². The largest absolute Gasteiger partial charge is 0.444 e. The molecule has 0 saturated heterocycles. The number of rotatable bonds is 5. The fourth-order valence-electron chi connectivity index (χ4n) is 1.59. The zero-order valence-electron chi connectivity index (χ0n) is 10.0. The summed E-state index contributed by atoms with van der Waals surface area (Å²) >= 11 is 9.40. The maximum atomic E-state index is 6.00. The first kappa shape index (κ1) is 13.6. The highest BCUT2D eigenvalue weighted by atomic mass is 79.9. The van der Waals surface area contributed by atoms with E-state index in [0.717, 1.165) is 35.2 Å². The molecule has 18 heavy (non-hydrogen) atoms. The van der Waals surface area contributed by atoms with E-state index in [1.165, 1.54) is 0 Å². The zero-order valence-corrected chi connectivity index (χ0v) is 12.4. The Morgan fingerprint density at radius 3 is 2.94 bits per heavy atom. The van der Waals surface area contributed by atoms with Crippen molar-refractivity contribution in [3.63, 3.8) is 0 Å². The standard InChI is InChI=1S/C13H14BrClN2O/c1-2-3-16-7-12-8-18-13(17-12)9-4-10(14)6-11(15)5-9/h4-6,8,16H,2-3,7H2,1H3. The SMILES string of the molecule is CCCNCc1coc(-c2cc(Cl)cc(Br)c2)n1. The van der Waals surface area contributed by atoms with Gasteiger partial charge in [-0.25, -0.2) is 4.98 Å². The van der Waals surface area contributed by atoms with Gasteiger partial charge in [-0.1, -0.05) is 34.5 Å². The van der Waals surface area contributed by atoms with E-state index < -0.39 is 0 Å². The van der Waals surface area contributed by atoms with Crippen molar-refractivity contribution in [1.82, 2.24) is 10.3 Å². The van der Waals surface area contributed by atoms with Crippen molar-refractivity contribution in [3.8, 4) is 11.5 Å². The van der Waals surface area contributed by atoms with Crippen LogP contribution in [0.4, 0.5) is 0 Å². The van der Waals surface area contributed by atoms with E-state index >= 15 is 0 Å². The predicted molar refractivity (Wildman–Crippen MR) is 76.6 cm³/mol. The summed E-state index contributed by atoms with van der Waals surface area (Å²) in [6.07, 6.45) is 2.78. The van der Waals surface area contributed by atoms with E-state index in [2.05, 4.69) is 33.2 Å². The molecule has 1 N–H and O–H groups in total. The summed E-state index contributed by atoms with van der Waals surface area (Å²) in [6, 6.07) is 5.60. The summed E-state index contributed by atoms with van der Waals surface area (Å²) in [4.78, 5) is 4.43. The molecule has 0 fully saturated rings. The molecule has 0 atom stereocenters. The van der Waals surface area contributed by atoms with Gasteiger partial charge in [0, 0.05) is 21.6 Å². The molecule has 1 aromatic carbocycles. The molecule has 0 radical (unpaired) electrons. The number of benzene rings is 1. The molecular weight excluding hydrogens is 316 g/mol. The first-order valence-corrected chi connectivity index (χ1v) is 6.97. The summed E-state index contributed by atoms with van der Waals surface area (Å²) in [6.45, 7) is 3.83. The Labute approximate surface area is 120 Å². The summed E-state index contributed by atoms with van der Waals surface area (Å²) < 4.78 is 6.37. The second-order valence-electron chi connectivity index (χ2n) is 3.98. The van der Waals surface area contributed by atoms with E-state index in [0.29, 0.717) is 10.9 Å². The minimum absolute atomic E-state index is 0.589. The lowest BCUT2D eigenvalue weighted by Crippen LogP contribution is -2.13. The Hall–Kier alpha value is -0.840. The molecule has 2 aromatic rings. The highest BCUT2D eigenvalue weighted by Crippen LogP contribution is 2.26. The maximum absolute atomic E-state index is 6.00. The van der Waals surface area contributed by atoms with Crippen molar-refractivity contribution in [2.24, 2.45) is 0 Å². The minimum atomic E-state index is 0.589. The Morgan fingerprint density at radius 1 is 1.39 bits per heavy atom. The van der Waals surface area contributed by atoms with E-state index in [1.807, 2.05) is 18.2 Å². The van der Waals surface area contributed by atoms with Crippen LogP contribution in [-0.2, 0) is 6.54 Å². The number of aromatic nitrogens is 1. The molecular formula is C13H14BrClN2O. The third-order valence-corrected chi connectivity index (χ3v) is 3.07.